The van der Waals surface area contributed by atoms with Crippen molar-refractivity contribution >= 4 is 66.0 Å². The van der Waals surface area contributed by atoms with E-state index in [4.69, 9.17) is 27.9 Å². The lowest BCUT2D eigenvalue weighted by Gasteiger charge is -2.13. The first-order valence-electron chi connectivity index (χ1n) is 7.86. The van der Waals surface area contributed by atoms with E-state index < -0.39 is 20.0 Å². The van der Waals surface area contributed by atoms with Gasteiger partial charge in [-0.1, -0.05) is 41.4 Å². The van der Waals surface area contributed by atoms with E-state index in [1.807, 2.05) is 0 Å². The van der Waals surface area contributed by atoms with Gasteiger partial charge in [-0.3, -0.25) is 9.44 Å². The van der Waals surface area contributed by atoms with Crippen molar-refractivity contribution in [2.75, 3.05) is 16.6 Å². The van der Waals surface area contributed by atoms with Crippen LogP contribution in [-0.2, 0) is 20.0 Å². The van der Waals surface area contributed by atoms with E-state index in [-0.39, 0.29) is 29.8 Å². The number of methoxy groups -OCH3 is 1. The molecular weight excluding hydrogens is 479 g/mol. The third-order valence-corrected chi connectivity index (χ3v) is 8.16. The minimum absolute atomic E-state index is 0.00381. The minimum Gasteiger partial charge on any atom is -0.495 e. The molecule has 2 aromatic carbocycles. The van der Waals surface area contributed by atoms with Gasteiger partial charge in [-0.15, -0.1) is 11.3 Å². The molecule has 1 aromatic heterocycles. The highest BCUT2D eigenvalue weighted by molar-refractivity contribution is 7.93. The molecule has 0 saturated carbocycles. The van der Waals surface area contributed by atoms with Gasteiger partial charge < -0.3 is 4.74 Å². The Bertz CT molecular complexity index is 1260. The van der Waals surface area contributed by atoms with Crippen LogP contribution in [0, 0.1) is 0 Å². The number of halogens is 2. The summed E-state index contributed by atoms with van der Waals surface area (Å²) in [7, 11) is -6.63. The van der Waals surface area contributed by atoms with Gasteiger partial charge in [-0.2, -0.15) is 0 Å². The van der Waals surface area contributed by atoms with Crippen LogP contribution in [0.15, 0.2) is 64.4 Å². The molecule has 0 amide bonds. The molecular formula is C17H14Cl2N2O5S3. The van der Waals surface area contributed by atoms with Crippen LogP contribution in [0.1, 0.15) is 0 Å². The van der Waals surface area contributed by atoms with E-state index in [2.05, 4.69) is 9.44 Å². The fourth-order valence-corrected chi connectivity index (χ4v) is 6.69. The lowest BCUT2D eigenvalue weighted by molar-refractivity contribution is 0.417. The van der Waals surface area contributed by atoms with Crippen LogP contribution in [-0.4, -0.2) is 23.9 Å². The maximum atomic E-state index is 12.7. The van der Waals surface area contributed by atoms with Crippen molar-refractivity contribution in [1.82, 2.24) is 0 Å². The summed E-state index contributed by atoms with van der Waals surface area (Å²) in [6, 6.07) is 13.1. The molecule has 1 heterocycles. The van der Waals surface area contributed by atoms with Crippen LogP contribution in [0.2, 0.25) is 8.67 Å². The summed E-state index contributed by atoms with van der Waals surface area (Å²) >= 11 is 12.6. The number of anilines is 2. The molecule has 0 aliphatic heterocycles. The van der Waals surface area contributed by atoms with Gasteiger partial charge in [0.2, 0.25) is 0 Å². The summed E-state index contributed by atoms with van der Waals surface area (Å²) in [6.45, 7) is 0. The summed E-state index contributed by atoms with van der Waals surface area (Å²) in [5.41, 5.74) is 0.298. The maximum Gasteiger partial charge on any atom is 0.264 e. The molecule has 0 fully saturated rings. The van der Waals surface area contributed by atoms with Crippen LogP contribution < -0.4 is 14.2 Å². The average molecular weight is 493 g/mol. The van der Waals surface area contributed by atoms with E-state index in [1.54, 1.807) is 24.3 Å². The Morgan fingerprint density at radius 3 is 2.28 bits per heavy atom. The normalized spacial score (nSPS) is 11.8. The highest BCUT2D eigenvalue weighted by Gasteiger charge is 2.22. The van der Waals surface area contributed by atoms with Crippen molar-refractivity contribution in [2.24, 2.45) is 0 Å². The topological polar surface area (TPSA) is 102 Å². The molecule has 154 valence electrons. The number of nitrogens with one attached hydrogen (secondary N) is 2. The third-order valence-electron chi connectivity index (χ3n) is 3.66. The van der Waals surface area contributed by atoms with Crippen LogP contribution >= 0.6 is 34.5 Å². The zero-order valence-corrected chi connectivity index (χ0v) is 18.7. The smallest absolute Gasteiger partial charge is 0.264 e. The zero-order valence-electron chi connectivity index (χ0n) is 14.7. The first-order valence-corrected chi connectivity index (χ1v) is 12.4. The Labute approximate surface area is 182 Å². The summed E-state index contributed by atoms with van der Waals surface area (Å²) in [5.74, 6) is 0.344. The number of para-hydroxylation sites is 2. The standard InChI is InChI=1S/C17H14Cl2N2O5S3/c1-26-14-8-3-2-7-13(14)21-28(22,23)12-6-4-5-11(9-12)20-29(24,25)15-10-16(18)27-17(15)19/h2-10,20-21H,1H3. The molecule has 0 bridgehead atoms. The molecule has 2 N–H and O–H groups in total. The Balaban J connectivity index is 1.90. The van der Waals surface area contributed by atoms with Gasteiger partial charge in [0.25, 0.3) is 20.0 Å². The highest BCUT2D eigenvalue weighted by Crippen LogP contribution is 2.35. The summed E-state index contributed by atoms with van der Waals surface area (Å²) in [4.78, 5) is -0.326. The Hall–Kier alpha value is -1.98. The summed E-state index contributed by atoms with van der Waals surface area (Å²) in [5, 5.41) is 0. The SMILES string of the molecule is COc1ccccc1NS(=O)(=O)c1cccc(NS(=O)(=O)c2cc(Cl)sc2Cl)c1. The predicted molar refractivity (Wildman–Crippen MR) is 115 cm³/mol. The monoisotopic (exact) mass is 492 g/mol. The van der Waals surface area contributed by atoms with Crippen molar-refractivity contribution in [3.63, 3.8) is 0 Å². The van der Waals surface area contributed by atoms with Gasteiger partial charge in [0.15, 0.2) is 0 Å². The van der Waals surface area contributed by atoms with Crippen molar-refractivity contribution in [2.45, 2.75) is 9.79 Å². The molecule has 7 nitrogen and oxygen atoms in total. The molecule has 29 heavy (non-hydrogen) atoms. The molecule has 3 rings (SSSR count). The number of sulfonamides is 2. The number of hydrogen-bond donors (Lipinski definition) is 2. The molecule has 0 unspecified atom stereocenters. The molecule has 0 aliphatic carbocycles. The van der Waals surface area contributed by atoms with Gasteiger partial charge >= 0.3 is 0 Å². The second-order valence-corrected chi connectivity index (χ2v) is 11.2. The van der Waals surface area contributed by atoms with Gasteiger partial charge in [-0.05, 0) is 36.4 Å². The van der Waals surface area contributed by atoms with Gasteiger partial charge in [0, 0.05) is 0 Å². The Morgan fingerprint density at radius 2 is 1.62 bits per heavy atom. The largest absolute Gasteiger partial charge is 0.495 e. The van der Waals surface area contributed by atoms with Gasteiger partial charge in [0.1, 0.15) is 15.0 Å². The molecule has 0 saturated heterocycles. The Kier molecular flexibility index (Phi) is 6.30. The molecule has 0 atom stereocenters. The van der Waals surface area contributed by atoms with E-state index in [0.29, 0.717) is 5.75 Å². The number of rotatable bonds is 7. The molecule has 12 heteroatoms. The fraction of sp³-hybridized carbons (Fsp3) is 0.0588. The Morgan fingerprint density at radius 1 is 0.897 bits per heavy atom. The molecule has 0 aliphatic rings. The minimum atomic E-state index is -4.05. The van der Waals surface area contributed by atoms with Crippen LogP contribution in [0.4, 0.5) is 11.4 Å². The number of benzene rings is 2. The van der Waals surface area contributed by atoms with E-state index in [0.717, 1.165) is 11.3 Å². The average Bonchev–Trinajstić information content (AvgIpc) is 3.01. The second-order valence-electron chi connectivity index (χ2n) is 5.63. The van der Waals surface area contributed by atoms with Crippen molar-refractivity contribution in [1.29, 1.82) is 0 Å². The lowest BCUT2D eigenvalue weighted by Crippen LogP contribution is -2.15. The predicted octanol–water partition coefficient (Wildman–Crippen LogP) is 4.67. The summed E-state index contributed by atoms with van der Waals surface area (Å²) < 4.78 is 60.6. The van der Waals surface area contributed by atoms with Crippen molar-refractivity contribution in [3.8, 4) is 5.75 Å². The second kappa shape index (κ2) is 8.41. The van der Waals surface area contributed by atoms with Crippen LogP contribution in [0.5, 0.6) is 5.75 Å². The molecule has 0 radical (unpaired) electrons. The maximum absolute atomic E-state index is 12.7. The summed E-state index contributed by atoms with van der Waals surface area (Å²) in [6.07, 6.45) is 0. The van der Waals surface area contributed by atoms with E-state index >= 15 is 0 Å². The molecule has 0 spiro atoms. The number of hydrogen-bond acceptors (Lipinski definition) is 6. The first-order chi connectivity index (χ1) is 13.6. The van der Waals surface area contributed by atoms with Crippen molar-refractivity contribution < 1.29 is 21.6 Å². The number of ether oxygens (including phenoxy) is 1. The lowest BCUT2D eigenvalue weighted by atomic mass is 10.3. The van der Waals surface area contributed by atoms with Crippen molar-refractivity contribution in [3.05, 3.63) is 63.3 Å². The third kappa shape index (κ3) is 4.96. The van der Waals surface area contributed by atoms with E-state index in [9.17, 15) is 16.8 Å². The zero-order chi connectivity index (χ0) is 21.2. The first kappa shape index (κ1) is 21.7. The van der Waals surface area contributed by atoms with E-state index in [1.165, 1.54) is 37.4 Å². The quantitative estimate of drug-likeness (QED) is 0.498. The van der Waals surface area contributed by atoms with Gasteiger partial charge in [-0.25, -0.2) is 16.8 Å². The highest BCUT2D eigenvalue weighted by atomic mass is 35.5. The number of thiophene rings is 1. The van der Waals surface area contributed by atoms with Crippen LogP contribution in [0.3, 0.4) is 0 Å². The fourth-order valence-electron chi connectivity index (χ4n) is 2.38. The molecule has 3 aromatic rings. The van der Waals surface area contributed by atoms with Crippen LogP contribution in [0.25, 0.3) is 0 Å². The van der Waals surface area contributed by atoms with Gasteiger partial charge in [0.05, 0.1) is 27.7 Å².